The van der Waals surface area contributed by atoms with Gasteiger partial charge in [-0.1, -0.05) is 156 Å². The monoisotopic (exact) mass is 611 g/mol. The number of carbonyl (C=O) groups is 3. The fourth-order valence-corrected chi connectivity index (χ4v) is 5.21. The molecule has 0 heterocycles. The minimum absolute atomic E-state index is 0.0676. The van der Waals surface area contributed by atoms with Crippen molar-refractivity contribution in [2.75, 3.05) is 13.2 Å². The van der Waals surface area contributed by atoms with E-state index in [1.807, 2.05) is 0 Å². The first-order chi connectivity index (χ1) is 20.9. The van der Waals surface area contributed by atoms with E-state index in [-0.39, 0.29) is 31.1 Å². The predicted molar refractivity (Wildman–Crippen MR) is 178 cm³/mol. The van der Waals surface area contributed by atoms with Gasteiger partial charge in [-0.15, -0.1) is 0 Å². The molecule has 0 saturated heterocycles. The highest BCUT2D eigenvalue weighted by molar-refractivity contribution is 5.71. The van der Waals surface area contributed by atoms with Crippen molar-refractivity contribution in [2.45, 2.75) is 201 Å². The number of unbranched alkanes of at least 4 members (excludes halogenated alkanes) is 19. The second-order valence-electron chi connectivity index (χ2n) is 13.0. The summed E-state index contributed by atoms with van der Waals surface area (Å²) in [7, 11) is 0. The Kier molecular flexibility index (Phi) is 30.6. The molecule has 6 nitrogen and oxygen atoms in total. The van der Waals surface area contributed by atoms with Crippen LogP contribution in [-0.2, 0) is 28.6 Å². The molecule has 0 aliphatic heterocycles. The van der Waals surface area contributed by atoms with Crippen LogP contribution in [0.5, 0.6) is 0 Å². The Morgan fingerprint density at radius 3 is 1.14 bits per heavy atom. The number of hydrogen-bond donors (Lipinski definition) is 0. The minimum Gasteiger partial charge on any atom is -0.462 e. The second kappa shape index (κ2) is 31.8. The summed E-state index contributed by atoms with van der Waals surface area (Å²) >= 11 is 0. The fraction of sp³-hybridized carbons (Fsp3) is 0.919. The van der Waals surface area contributed by atoms with Crippen LogP contribution in [0, 0.1) is 5.92 Å². The van der Waals surface area contributed by atoms with Crippen molar-refractivity contribution in [1.29, 1.82) is 0 Å². The summed E-state index contributed by atoms with van der Waals surface area (Å²) in [5.74, 6) is -0.123. The zero-order chi connectivity index (χ0) is 31.8. The van der Waals surface area contributed by atoms with Crippen LogP contribution >= 0.6 is 0 Å². The number of esters is 3. The molecule has 0 amide bonds. The Morgan fingerprint density at radius 2 is 0.767 bits per heavy atom. The van der Waals surface area contributed by atoms with E-state index in [9.17, 15) is 14.4 Å². The second-order valence-corrected chi connectivity index (χ2v) is 13.0. The third-order valence-electron chi connectivity index (χ3n) is 8.04. The van der Waals surface area contributed by atoms with E-state index in [4.69, 9.17) is 14.2 Å². The molecule has 0 fully saturated rings. The van der Waals surface area contributed by atoms with Crippen molar-refractivity contribution in [3.05, 3.63) is 0 Å². The Labute approximate surface area is 266 Å². The summed E-state index contributed by atoms with van der Waals surface area (Å²) in [5.41, 5.74) is 0. The van der Waals surface area contributed by atoms with Crippen LogP contribution in [0.15, 0.2) is 0 Å². The van der Waals surface area contributed by atoms with Crippen LogP contribution in [0.25, 0.3) is 0 Å². The lowest BCUT2D eigenvalue weighted by atomic mass is 10.0. The molecule has 0 bridgehead atoms. The smallest absolute Gasteiger partial charge is 0.306 e. The molecule has 0 aromatic rings. The highest BCUT2D eigenvalue weighted by Gasteiger charge is 2.19. The summed E-state index contributed by atoms with van der Waals surface area (Å²) in [4.78, 5) is 37.1. The third kappa shape index (κ3) is 31.6. The van der Waals surface area contributed by atoms with Crippen molar-refractivity contribution >= 4 is 17.9 Å². The lowest BCUT2D eigenvalue weighted by Gasteiger charge is -2.18. The third-order valence-corrected chi connectivity index (χ3v) is 8.04. The largest absolute Gasteiger partial charge is 0.462 e. The van der Waals surface area contributed by atoms with Gasteiger partial charge >= 0.3 is 17.9 Å². The molecule has 0 aromatic heterocycles. The molecular weight excluding hydrogens is 540 g/mol. The predicted octanol–water partition coefficient (Wildman–Crippen LogP) is 10.8. The van der Waals surface area contributed by atoms with Crippen molar-refractivity contribution in [1.82, 2.24) is 0 Å². The summed E-state index contributed by atoms with van der Waals surface area (Å²) < 4.78 is 16.5. The highest BCUT2D eigenvalue weighted by atomic mass is 16.6. The summed E-state index contributed by atoms with van der Waals surface area (Å²) in [6.07, 6.45) is 27.0. The van der Waals surface area contributed by atoms with Crippen LogP contribution in [-0.4, -0.2) is 37.2 Å². The van der Waals surface area contributed by atoms with Gasteiger partial charge in [0.05, 0.1) is 0 Å². The van der Waals surface area contributed by atoms with Gasteiger partial charge in [0.15, 0.2) is 6.10 Å². The lowest BCUT2D eigenvalue weighted by Crippen LogP contribution is -2.30. The molecule has 0 N–H and O–H groups in total. The normalized spacial score (nSPS) is 11.9. The molecule has 6 heteroatoms. The molecule has 0 rings (SSSR count). The maximum Gasteiger partial charge on any atom is 0.306 e. The van der Waals surface area contributed by atoms with Gasteiger partial charge in [-0.05, 0) is 25.2 Å². The molecule has 254 valence electrons. The number of ether oxygens (including phenoxy) is 3. The molecule has 0 unspecified atom stereocenters. The standard InChI is InChI=1S/C37H70O6/c1-5-7-9-11-12-13-14-15-16-22-26-30-37(40)43-34(31-41-35(38)28-24-19-10-8-6-2)32-42-36(39)29-25-21-18-17-20-23-27-33(3)4/h33-34H,5-32H2,1-4H3/t34-/m1/s1. The van der Waals surface area contributed by atoms with E-state index in [1.165, 1.54) is 83.5 Å². The van der Waals surface area contributed by atoms with E-state index >= 15 is 0 Å². The van der Waals surface area contributed by atoms with Gasteiger partial charge in [0.25, 0.3) is 0 Å². The van der Waals surface area contributed by atoms with E-state index in [0.29, 0.717) is 19.3 Å². The summed E-state index contributed by atoms with van der Waals surface area (Å²) in [5, 5.41) is 0. The fourth-order valence-electron chi connectivity index (χ4n) is 5.21. The molecule has 1 atom stereocenters. The van der Waals surface area contributed by atoms with Crippen molar-refractivity contribution in [3.8, 4) is 0 Å². The van der Waals surface area contributed by atoms with E-state index in [0.717, 1.165) is 70.1 Å². The van der Waals surface area contributed by atoms with Crippen LogP contribution in [0.1, 0.15) is 195 Å². The van der Waals surface area contributed by atoms with Crippen LogP contribution in [0.4, 0.5) is 0 Å². The van der Waals surface area contributed by atoms with Gasteiger partial charge in [0, 0.05) is 19.3 Å². The Balaban J connectivity index is 4.30. The summed E-state index contributed by atoms with van der Waals surface area (Å²) in [6.45, 7) is 8.79. The molecular formula is C37H70O6. The van der Waals surface area contributed by atoms with Gasteiger partial charge in [0.1, 0.15) is 13.2 Å². The molecule has 0 saturated carbocycles. The van der Waals surface area contributed by atoms with Gasteiger partial charge in [-0.3, -0.25) is 14.4 Å². The highest BCUT2D eigenvalue weighted by Crippen LogP contribution is 2.14. The van der Waals surface area contributed by atoms with Crippen molar-refractivity contribution in [3.63, 3.8) is 0 Å². The van der Waals surface area contributed by atoms with Crippen LogP contribution in [0.2, 0.25) is 0 Å². The Morgan fingerprint density at radius 1 is 0.442 bits per heavy atom. The number of hydrogen-bond acceptors (Lipinski definition) is 6. The molecule has 0 spiro atoms. The van der Waals surface area contributed by atoms with Crippen LogP contribution in [0.3, 0.4) is 0 Å². The Bertz CT molecular complexity index is 647. The maximum atomic E-state index is 12.5. The SMILES string of the molecule is CCCCCCCCCCCCCC(=O)O[C@H](COC(=O)CCCCCCC)COC(=O)CCCCCCCCC(C)C. The lowest BCUT2D eigenvalue weighted by molar-refractivity contribution is -0.167. The van der Waals surface area contributed by atoms with Crippen LogP contribution < -0.4 is 0 Å². The van der Waals surface area contributed by atoms with Crippen molar-refractivity contribution in [2.24, 2.45) is 5.92 Å². The zero-order valence-corrected chi connectivity index (χ0v) is 28.9. The van der Waals surface area contributed by atoms with Gasteiger partial charge in [-0.2, -0.15) is 0 Å². The van der Waals surface area contributed by atoms with Gasteiger partial charge in [0.2, 0.25) is 0 Å². The maximum absolute atomic E-state index is 12.5. The van der Waals surface area contributed by atoms with E-state index < -0.39 is 6.10 Å². The van der Waals surface area contributed by atoms with Crippen molar-refractivity contribution < 1.29 is 28.6 Å². The average molecular weight is 611 g/mol. The molecule has 0 aliphatic carbocycles. The first-order valence-electron chi connectivity index (χ1n) is 18.4. The quantitative estimate of drug-likeness (QED) is 0.0428. The molecule has 0 aromatic carbocycles. The Hall–Kier alpha value is -1.59. The summed E-state index contributed by atoms with van der Waals surface area (Å²) in [6, 6.07) is 0. The molecule has 43 heavy (non-hydrogen) atoms. The minimum atomic E-state index is -0.755. The van der Waals surface area contributed by atoms with Gasteiger partial charge in [-0.25, -0.2) is 0 Å². The van der Waals surface area contributed by atoms with E-state index in [2.05, 4.69) is 27.7 Å². The first kappa shape index (κ1) is 41.4. The van der Waals surface area contributed by atoms with Gasteiger partial charge < -0.3 is 14.2 Å². The molecule has 0 aliphatic rings. The topological polar surface area (TPSA) is 78.9 Å². The molecule has 0 radical (unpaired) electrons. The first-order valence-corrected chi connectivity index (χ1v) is 18.4. The van der Waals surface area contributed by atoms with E-state index in [1.54, 1.807) is 0 Å². The average Bonchev–Trinajstić information content (AvgIpc) is 2.98. The number of carbonyl (C=O) groups excluding carboxylic acids is 3. The number of rotatable bonds is 32. The zero-order valence-electron chi connectivity index (χ0n) is 28.9.